The van der Waals surface area contributed by atoms with Crippen molar-refractivity contribution in [2.45, 2.75) is 6.92 Å². The van der Waals surface area contributed by atoms with E-state index in [-0.39, 0.29) is 0 Å². The minimum absolute atomic E-state index is 0.361. The van der Waals surface area contributed by atoms with E-state index in [0.717, 1.165) is 5.56 Å². The zero-order valence-corrected chi connectivity index (χ0v) is 9.40. The number of ether oxygens (including phenoxy) is 1. The number of hydrogen-bond acceptors (Lipinski definition) is 4. The molecular weight excluding hydrogens is 226 g/mol. The normalized spacial score (nSPS) is 10.1. The Morgan fingerprint density at radius 2 is 2.00 bits per heavy atom. The smallest absolute Gasteiger partial charge is 0.239 e. The molecule has 2 aromatic rings. The zero-order chi connectivity index (χ0) is 11.5. The highest BCUT2D eigenvalue weighted by atomic mass is 35.5. The average molecular weight is 236 g/mol. The van der Waals surface area contributed by atoms with Crippen LogP contribution in [0.4, 0.5) is 5.82 Å². The van der Waals surface area contributed by atoms with Gasteiger partial charge in [0.2, 0.25) is 5.88 Å². The fourth-order valence-corrected chi connectivity index (χ4v) is 1.45. The second-order valence-corrected chi connectivity index (χ2v) is 3.74. The van der Waals surface area contributed by atoms with Crippen LogP contribution >= 0.6 is 11.6 Å². The third-order valence-corrected chi connectivity index (χ3v) is 2.25. The maximum Gasteiger partial charge on any atom is 0.239 e. The molecule has 0 amide bonds. The van der Waals surface area contributed by atoms with Crippen LogP contribution in [-0.4, -0.2) is 10.2 Å². The van der Waals surface area contributed by atoms with E-state index in [1.165, 1.54) is 0 Å². The van der Waals surface area contributed by atoms with Crippen molar-refractivity contribution in [2.24, 2.45) is 0 Å². The van der Waals surface area contributed by atoms with Crippen molar-refractivity contribution < 1.29 is 4.74 Å². The van der Waals surface area contributed by atoms with E-state index in [1.807, 2.05) is 13.0 Å². The van der Waals surface area contributed by atoms with Crippen LogP contribution in [0.5, 0.6) is 11.6 Å². The van der Waals surface area contributed by atoms with Gasteiger partial charge in [0.25, 0.3) is 0 Å². The number of aryl methyl sites for hydroxylation is 1. The van der Waals surface area contributed by atoms with Crippen molar-refractivity contribution in [3.8, 4) is 11.6 Å². The Morgan fingerprint density at radius 1 is 1.19 bits per heavy atom. The summed E-state index contributed by atoms with van der Waals surface area (Å²) in [5.41, 5.74) is 6.36. The highest BCUT2D eigenvalue weighted by Crippen LogP contribution is 2.25. The van der Waals surface area contributed by atoms with Crippen LogP contribution in [0.1, 0.15) is 5.56 Å². The Labute approximate surface area is 98.0 Å². The van der Waals surface area contributed by atoms with Gasteiger partial charge in [0.1, 0.15) is 11.6 Å². The quantitative estimate of drug-likeness (QED) is 0.870. The third-order valence-electron chi connectivity index (χ3n) is 2.01. The van der Waals surface area contributed by atoms with Gasteiger partial charge in [-0.05, 0) is 36.8 Å². The average Bonchev–Trinajstić information content (AvgIpc) is 2.25. The van der Waals surface area contributed by atoms with Crippen LogP contribution in [0.2, 0.25) is 5.02 Å². The van der Waals surface area contributed by atoms with E-state index in [1.54, 1.807) is 24.3 Å². The molecule has 0 saturated carbocycles. The molecule has 0 fully saturated rings. The minimum Gasteiger partial charge on any atom is -0.437 e. The number of nitrogen functional groups attached to an aromatic ring is 1. The van der Waals surface area contributed by atoms with Gasteiger partial charge in [0, 0.05) is 11.1 Å². The van der Waals surface area contributed by atoms with E-state index < -0.39 is 0 Å². The maximum absolute atomic E-state index is 5.84. The van der Waals surface area contributed by atoms with Gasteiger partial charge in [-0.15, -0.1) is 10.2 Å². The van der Waals surface area contributed by atoms with Crippen LogP contribution in [0.25, 0.3) is 0 Å². The van der Waals surface area contributed by atoms with Gasteiger partial charge in [0.15, 0.2) is 0 Å². The topological polar surface area (TPSA) is 61.0 Å². The summed E-state index contributed by atoms with van der Waals surface area (Å²) in [6.45, 7) is 1.91. The van der Waals surface area contributed by atoms with E-state index in [2.05, 4.69) is 10.2 Å². The number of aromatic nitrogens is 2. The first kappa shape index (κ1) is 10.7. The van der Waals surface area contributed by atoms with Crippen molar-refractivity contribution in [3.63, 3.8) is 0 Å². The van der Waals surface area contributed by atoms with Crippen molar-refractivity contribution in [3.05, 3.63) is 40.9 Å². The zero-order valence-electron chi connectivity index (χ0n) is 8.64. The lowest BCUT2D eigenvalue weighted by Crippen LogP contribution is -1.95. The third kappa shape index (κ3) is 2.41. The fourth-order valence-electron chi connectivity index (χ4n) is 1.22. The van der Waals surface area contributed by atoms with Gasteiger partial charge >= 0.3 is 0 Å². The fraction of sp³-hybridized carbons (Fsp3) is 0.0909. The molecule has 0 radical (unpaired) electrons. The molecule has 2 rings (SSSR count). The molecule has 0 bridgehead atoms. The Kier molecular flexibility index (Phi) is 2.92. The summed E-state index contributed by atoms with van der Waals surface area (Å²) in [6.07, 6.45) is 0. The summed E-state index contributed by atoms with van der Waals surface area (Å²) < 4.78 is 5.53. The molecular formula is C11H10ClN3O. The molecule has 1 heterocycles. The monoisotopic (exact) mass is 235 g/mol. The number of nitrogens with zero attached hydrogens (tertiary/aromatic N) is 2. The summed E-state index contributed by atoms with van der Waals surface area (Å²) in [5, 5.41) is 8.18. The Hall–Kier alpha value is -1.81. The first-order valence-electron chi connectivity index (χ1n) is 4.68. The molecule has 0 spiro atoms. The van der Waals surface area contributed by atoms with Gasteiger partial charge < -0.3 is 10.5 Å². The second kappa shape index (κ2) is 4.37. The molecule has 16 heavy (non-hydrogen) atoms. The minimum atomic E-state index is 0.361. The second-order valence-electron chi connectivity index (χ2n) is 3.31. The number of hydrogen-bond donors (Lipinski definition) is 1. The SMILES string of the molecule is Cc1cc(Cl)ccc1Oc1ccc(N)nn1. The summed E-state index contributed by atoms with van der Waals surface area (Å²) in [6, 6.07) is 8.66. The summed E-state index contributed by atoms with van der Waals surface area (Å²) in [5.74, 6) is 1.46. The predicted molar refractivity (Wildman–Crippen MR) is 62.7 cm³/mol. The number of nitrogens with two attached hydrogens (primary N) is 1. The van der Waals surface area contributed by atoms with E-state index in [9.17, 15) is 0 Å². The summed E-state index contributed by atoms with van der Waals surface area (Å²) >= 11 is 5.84. The summed E-state index contributed by atoms with van der Waals surface area (Å²) in [4.78, 5) is 0. The van der Waals surface area contributed by atoms with Crippen molar-refractivity contribution in [2.75, 3.05) is 5.73 Å². The van der Waals surface area contributed by atoms with Gasteiger partial charge in [-0.1, -0.05) is 11.6 Å². The van der Waals surface area contributed by atoms with Gasteiger partial charge in [-0.3, -0.25) is 0 Å². The molecule has 0 unspecified atom stereocenters. The molecule has 2 N–H and O–H groups in total. The van der Waals surface area contributed by atoms with Crippen molar-refractivity contribution in [1.29, 1.82) is 0 Å². The van der Waals surface area contributed by atoms with Crippen molar-refractivity contribution >= 4 is 17.4 Å². The Balaban J connectivity index is 2.23. The molecule has 0 aliphatic rings. The molecule has 0 atom stereocenters. The number of benzene rings is 1. The molecule has 1 aromatic carbocycles. The van der Waals surface area contributed by atoms with Crippen LogP contribution in [0.15, 0.2) is 30.3 Å². The highest BCUT2D eigenvalue weighted by molar-refractivity contribution is 6.30. The number of rotatable bonds is 2. The lowest BCUT2D eigenvalue weighted by molar-refractivity contribution is 0.452. The molecule has 5 heteroatoms. The Morgan fingerprint density at radius 3 is 2.62 bits per heavy atom. The molecule has 0 saturated heterocycles. The standard InChI is InChI=1S/C11H10ClN3O/c1-7-6-8(12)2-3-9(7)16-11-5-4-10(13)14-15-11/h2-6H,1H3,(H2,13,14). The van der Waals surface area contributed by atoms with E-state index >= 15 is 0 Å². The van der Waals surface area contributed by atoms with Crippen LogP contribution in [0, 0.1) is 6.92 Å². The van der Waals surface area contributed by atoms with Crippen LogP contribution < -0.4 is 10.5 Å². The number of halogens is 1. The van der Waals surface area contributed by atoms with Crippen LogP contribution in [0.3, 0.4) is 0 Å². The molecule has 0 aliphatic heterocycles. The summed E-state index contributed by atoms with van der Waals surface area (Å²) in [7, 11) is 0. The molecule has 4 nitrogen and oxygen atoms in total. The highest BCUT2D eigenvalue weighted by Gasteiger charge is 2.03. The number of anilines is 1. The van der Waals surface area contributed by atoms with E-state index in [0.29, 0.717) is 22.5 Å². The van der Waals surface area contributed by atoms with E-state index in [4.69, 9.17) is 22.1 Å². The van der Waals surface area contributed by atoms with Gasteiger partial charge in [-0.2, -0.15) is 0 Å². The predicted octanol–water partition coefficient (Wildman–Crippen LogP) is 2.81. The first-order valence-corrected chi connectivity index (χ1v) is 5.06. The molecule has 0 aliphatic carbocycles. The van der Waals surface area contributed by atoms with Gasteiger partial charge in [-0.25, -0.2) is 0 Å². The molecule has 1 aromatic heterocycles. The van der Waals surface area contributed by atoms with Crippen LogP contribution in [-0.2, 0) is 0 Å². The van der Waals surface area contributed by atoms with Gasteiger partial charge in [0.05, 0.1) is 0 Å². The Bertz CT molecular complexity index is 499. The van der Waals surface area contributed by atoms with Crippen molar-refractivity contribution in [1.82, 2.24) is 10.2 Å². The lowest BCUT2D eigenvalue weighted by atomic mass is 10.2. The first-order chi connectivity index (χ1) is 7.65. The molecule has 82 valence electrons. The largest absolute Gasteiger partial charge is 0.437 e. The maximum atomic E-state index is 5.84. The lowest BCUT2D eigenvalue weighted by Gasteiger charge is -2.07.